The summed E-state index contributed by atoms with van der Waals surface area (Å²) in [6.07, 6.45) is -5.46. The van der Waals surface area contributed by atoms with E-state index in [-0.39, 0.29) is 11.1 Å². The second-order valence-electron chi connectivity index (χ2n) is 5.72. The van der Waals surface area contributed by atoms with Gasteiger partial charge in [0.05, 0.1) is 18.2 Å². The maximum Gasteiger partial charge on any atom is 0.416 e. The van der Waals surface area contributed by atoms with E-state index < -0.39 is 35.9 Å². The van der Waals surface area contributed by atoms with E-state index in [1.165, 1.54) is 0 Å². The minimum absolute atomic E-state index is 0.0403. The second-order valence-corrected chi connectivity index (χ2v) is 5.72. The highest BCUT2D eigenvalue weighted by Crippen LogP contribution is 2.32. The smallest absolute Gasteiger partial charge is 0.416 e. The van der Waals surface area contributed by atoms with E-state index in [1.54, 1.807) is 20.8 Å². The van der Waals surface area contributed by atoms with Gasteiger partial charge in [-0.1, -0.05) is 0 Å². The van der Waals surface area contributed by atoms with Crippen LogP contribution in [0.15, 0.2) is 18.2 Å². The topological polar surface area (TPSA) is 64.6 Å². The number of benzene rings is 1. The third kappa shape index (κ3) is 5.80. The van der Waals surface area contributed by atoms with Crippen LogP contribution in [0.1, 0.15) is 42.3 Å². The van der Waals surface area contributed by atoms with Gasteiger partial charge in [0.15, 0.2) is 0 Å². The zero-order valence-electron chi connectivity index (χ0n) is 13.2. The van der Waals surface area contributed by atoms with Crippen molar-refractivity contribution in [3.05, 3.63) is 34.9 Å². The zero-order valence-corrected chi connectivity index (χ0v) is 13.2. The molecule has 5 nitrogen and oxygen atoms in total. The first-order valence-corrected chi connectivity index (χ1v) is 6.69. The molecule has 1 rings (SSSR count). The number of alkyl carbamates (subject to hydrolysis) is 1. The molecule has 23 heavy (non-hydrogen) atoms. The Morgan fingerprint density at radius 1 is 1.17 bits per heavy atom. The van der Waals surface area contributed by atoms with Gasteiger partial charge in [0.1, 0.15) is 5.60 Å². The van der Waals surface area contributed by atoms with Gasteiger partial charge in [-0.25, -0.2) is 9.59 Å². The number of halogens is 3. The number of hydrogen-bond acceptors (Lipinski definition) is 4. The minimum atomic E-state index is -4.61. The van der Waals surface area contributed by atoms with Crippen molar-refractivity contribution in [2.75, 3.05) is 7.11 Å². The number of ether oxygens (including phenoxy) is 2. The Hall–Kier alpha value is -2.25. The van der Waals surface area contributed by atoms with Crippen molar-refractivity contribution >= 4 is 12.1 Å². The van der Waals surface area contributed by atoms with E-state index in [0.717, 1.165) is 25.3 Å². The number of amides is 1. The number of hydrogen-bond donors (Lipinski definition) is 1. The Kier molecular flexibility index (Phi) is 5.63. The number of carbonyl (C=O) groups is 2. The summed E-state index contributed by atoms with van der Waals surface area (Å²) >= 11 is 0. The molecule has 0 aliphatic heterocycles. The van der Waals surface area contributed by atoms with Crippen LogP contribution in [0.5, 0.6) is 0 Å². The molecule has 0 unspecified atom stereocenters. The second kappa shape index (κ2) is 6.89. The lowest BCUT2D eigenvalue weighted by Gasteiger charge is -2.20. The van der Waals surface area contributed by atoms with Crippen LogP contribution >= 0.6 is 0 Å². The monoisotopic (exact) mass is 333 g/mol. The van der Waals surface area contributed by atoms with Crippen LogP contribution in [0.25, 0.3) is 0 Å². The molecule has 0 spiro atoms. The Morgan fingerprint density at radius 2 is 1.78 bits per heavy atom. The molecule has 0 bridgehead atoms. The Bertz CT molecular complexity index is 591. The Morgan fingerprint density at radius 3 is 2.26 bits per heavy atom. The molecule has 0 saturated carbocycles. The van der Waals surface area contributed by atoms with Gasteiger partial charge in [0, 0.05) is 6.54 Å². The highest BCUT2D eigenvalue weighted by molar-refractivity contribution is 5.89. The number of esters is 1. The molecular weight excluding hydrogens is 315 g/mol. The molecule has 8 heteroatoms. The molecular formula is C15H18F3NO4. The van der Waals surface area contributed by atoms with E-state index in [4.69, 9.17) is 4.74 Å². The molecule has 0 aliphatic carbocycles. The van der Waals surface area contributed by atoms with Gasteiger partial charge in [-0.3, -0.25) is 0 Å². The van der Waals surface area contributed by atoms with Crippen LogP contribution in [0.2, 0.25) is 0 Å². The fourth-order valence-electron chi connectivity index (χ4n) is 1.74. The van der Waals surface area contributed by atoms with Gasteiger partial charge in [-0.15, -0.1) is 0 Å². The molecule has 0 aromatic heterocycles. The lowest BCUT2D eigenvalue weighted by atomic mass is 10.0. The molecule has 0 aliphatic rings. The lowest BCUT2D eigenvalue weighted by molar-refractivity contribution is -0.138. The highest BCUT2D eigenvalue weighted by Gasteiger charge is 2.33. The quantitative estimate of drug-likeness (QED) is 0.860. The summed E-state index contributed by atoms with van der Waals surface area (Å²) in [7, 11) is 1.12. The first-order chi connectivity index (χ1) is 10.4. The van der Waals surface area contributed by atoms with E-state index >= 15 is 0 Å². The van der Waals surface area contributed by atoms with Crippen LogP contribution in [0, 0.1) is 0 Å². The zero-order chi connectivity index (χ0) is 17.8. The summed E-state index contributed by atoms with van der Waals surface area (Å²) in [6.45, 7) is 4.46. The summed E-state index contributed by atoms with van der Waals surface area (Å²) in [5.41, 5.74) is -2.01. The fourth-order valence-corrected chi connectivity index (χ4v) is 1.74. The van der Waals surface area contributed by atoms with E-state index in [0.29, 0.717) is 0 Å². The maximum absolute atomic E-state index is 13.0. The van der Waals surface area contributed by atoms with E-state index in [9.17, 15) is 22.8 Å². The van der Waals surface area contributed by atoms with Crippen molar-refractivity contribution in [1.82, 2.24) is 5.32 Å². The number of methoxy groups -OCH3 is 1. The SMILES string of the molecule is COC(=O)c1ccc(C(F)(F)F)c(CNC(=O)OC(C)(C)C)c1. The summed E-state index contributed by atoms with van der Waals surface area (Å²) in [6, 6.07) is 2.83. The normalized spacial score (nSPS) is 11.8. The number of rotatable bonds is 3. The van der Waals surface area contributed by atoms with Gasteiger partial charge < -0.3 is 14.8 Å². The first kappa shape index (κ1) is 18.8. The third-order valence-electron chi connectivity index (χ3n) is 2.65. The van der Waals surface area contributed by atoms with Crippen LogP contribution in [-0.4, -0.2) is 24.8 Å². The summed E-state index contributed by atoms with van der Waals surface area (Å²) in [5.74, 6) is -0.766. The molecule has 0 atom stereocenters. The molecule has 0 fully saturated rings. The largest absolute Gasteiger partial charge is 0.465 e. The summed E-state index contributed by atoms with van der Waals surface area (Å²) < 4.78 is 48.4. The van der Waals surface area contributed by atoms with Gasteiger partial charge in [0.25, 0.3) is 0 Å². The van der Waals surface area contributed by atoms with Crippen molar-refractivity contribution in [2.24, 2.45) is 0 Å². The standard InChI is InChI=1S/C15H18F3NO4/c1-14(2,3)23-13(21)19-8-10-7-9(12(20)22-4)5-6-11(10)15(16,17)18/h5-7H,8H2,1-4H3,(H,19,21). The fraction of sp³-hybridized carbons (Fsp3) is 0.467. The van der Waals surface area contributed by atoms with Crippen LogP contribution < -0.4 is 5.32 Å². The van der Waals surface area contributed by atoms with E-state index in [1.807, 2.05) is 0 Å². The van der Waals surface area contributed by atoms with E-state index in [2.05, 4.69) is 10.1 Å². The molecule has 1 aromatic rings. The average molecular weight is 333 g/mol. The van der Waals surface area contributed by atoms with Crippen molar-refractivity contribution in [3.8, 4) is 0 Å². The van der Waals surface area contributed by atoms with Gasteiger partial charge in [-0.2, -0.15) is 13.2 Å². The predicted octanol–water partition coefficient (Wildman–Crippen LogP) is 3.52. The van der Waals surface area contributed by atoms with Gasteiger partial charge >= 0.3 is 18.2 Å². The molecule has 1 amide bonds. The van der Waals surface area contributed by atoms with Gasteiger partial charge in [-0.05, 0) is 44.5 Å². The molecule has 128 valence electrons. The van der Waals surface area contributed by atoms with Crippen molar-refractivity contribution in [3.63, 3.8) is 0 Å². The van der Waals surface area contributed by atoms with Crippen molar-refractivity contribution in [1.29, 1.82) is 0 Å². The predicted molar refractivity (Wildman–Crippen MR) is 75.9 cm³/mol. The minimum Gasteiger partial charge on any atom is -0.465 e. The lowest BCUT2D eigenvalue weighted by Crippen LogP contribution is -2.32. The third-order valence-corrected chi connectivity index (χ3v) is 2.65. The molecule has 0 radical (unpaired) electrons. The number of alkyl halides is 3. The Labute approximate surface area is 131 Å². The Balaban J connectivity index is 3.01. The van der Waals surface area contributed by atoms with Crippen LogP contribution in [-0.2, 0) is 22.2 Å². The molecule has 1 aromatic carbocycles. The molecule has 1 N–H and O–H groups in total. The van der Waals surface area contributed by atoms with Crippen LogP contribution in [0.4, 0.5) is 18.0 Å². The van der Waals surface area contributed by atoms with Crippen molar-refractivity contribution < 1.29 is 32.2 Å². The highest BCUT2D eigenvalue weighted by atomic mass is 19.4. The number of nitrogens with one attached hydrogen (secondary N) is 1. The van der Waals surface area contributed by atoms with Crippen molar-refractivity contribution in [2.45, 2.75) is 39.1 Å². The maximum atomic E-state index is 13.0. The molecule has 0 heterocycles. The first-order valence-electron chi connectivity index (χ1n) is 6.69. The van der Waals surface area contributed by atoms with Gasteiger partial charge in [0.2, 0.25) is 0 Å². The number of carbonyl (C=O) groups excluding carboxylic acids is 2. The average Bonchev–Trinajstić information content (AvgIpc) is 2.41. The van der Waals surface area contributed by atoms with Crippen LogP contribution in [0.3, 0.4) is 0 Å². The molecule has 0 saturated heterocycles. The summed E-state index contributed by atoms with van der Waals surface area (Å²) in [4.78, 5) is 23.0. The summed E-state index contributed by atoms with van der Waals surface area (Å²) in [5, 5.41) is 2.24.